The minimum absolute atomic E-state index is 0.191. The van der Waals surface area contributed by atoms with Crippen molar-refractivity contribution in [2.24, 2.45) is 0 Å². The van der Waals surface area contributed by atoms with Crippen LogP contribution < -0.4 is 9.47 Å². The van der Waals surface area contributed by atoms with E-state index in [9.17, 15) is 9.59 Å². The van der Waals surface area contributed by atoms with Crippen LogP contribution in [0.4, 0.5) is 0 Å². The van der Waals surface area contributed by atoms with E-state index in [1.54, 1.807) is 48.5 Å². The molecule has 0 amide bonds. The molecule has 0 heterocycles. The van der Waals surface area contributed by atoms with Gasteiger partial charge >= 0.3 is 11.9 Å². The molecule has 0 aromatic heterocycles. The van der Waals surface area contributed by atoms with Crippen molar-refractivity contribution in [3.63, 3.8) is 0 Å². The monoisotopic (exact) mass is 256 g/mol. The average Bonchev–Trinajstić information content (AvgIpc) is 2.39. The molecule has 2 aromatic carbocycles. The summed E-state index contributed by atoms with van der Waals surface area (Å²) >= 11 is 0. The van der Waals surface area contributed by atoms with Crippen LogP contribution in [0.2, 0.25) is 0 Å². The van der Waals surface area contributed by atoms with Gasteiger partial charge in [-0.05, 0) is 24.3 Å². The third kappa shape index (κ3) is 3.42. The maximum Gasteiger partial charge on any atom is 0.347 e. The summed E-state index contributed by atoms with van der Waals surface area (Å²) < 4.78 is 10.2. The van der Waals surface area contributed by atoms with E-state index in [0.29, 0.717) is 5.75 Å². The van der Waals surface area contributed by atoms with E-state index in [0.717, 1.165) is 0 Å². The van der Waals surface area contributed by atoms with Gasteiger partial charge in [-0.1, -0.05) is 30.3 Å². The molecule has 0 saturated carbocycles. The van der Waals surface area contributed by atoms with Crippen molar-refractivity contribution in [2.75, 3.05) is 0 Å². The molecule has 19 heavy (non-hydrogen) atoms. The van der Waals surface area contributed by atoms with Gasteiger partial charge in [-0.25, -0.2) is 4.79 Å². The molecule has 0 bridgehead atoms. The lowest BCUT2D eigenvalue weighted by atomic mass is 10.2. The van der Waals surface area contributed by atoms with Crippen LogP contribution >= 0.6 is 0 Å². The van der Waals surface area contributed by atoms with Crippen LogP contribution in [-0.2, 0) is 4.79 Å². The van der Waals surface area contributed by atoms with Crippen LogP contribution in [0.1, 0.15) is 17.3 Å². The van der Waals surface area contributed by atoms with Gasteiger partial charge in [0.2, 0.25) is 0 Å². The van der Waals surface area contributed by atoms with E-state index >= 15 is 0 Å². The first-order valence-electron chi connectivity index (χ1n) is 5.71. The fraction of sp³-hybridized carbons (Fsp3) is 0.0667. The highest BCUT2D eigenvalue weighted by molar-refractivity contribution is 5.94. The molecule has 0 aliphatic heterocycles. The Morgan fingerprint density at radius 1 is 0.842 bits per heavy atom. The van der Waals surface area contributed by atoms with Gasteiger partial charge in [0.1, 0.15) is 17.1 Å². The summed E-state index contributed by atoms with van der Waals surface area (Å²) in [6.07, 6.45) is 0. The molecule has 0 unspecified atom stereocenters. The molecule has 2 aromatic rings. The second kappa shape index (κ2) is 5.82. The van der Waals surface area contributed by atoms with E-state index in [4.69, 9.17) is 9.47 Å². The van der Waals surface area contributed by atoms with Crippen LogP contribution in [0.25, 0.3) is 0 Å². The third-order valence-corrected chi connectivity index (χ3v) is 2.31. The average molecular weight is 256 g/mol. The number of ether oxygens (including phenoxy) is 2. The van der Waals surface area contributed by atoms with Crippen LogP contribution in [-0.4, -0.2) is 11.9 Å². The Balaban J connectivity index is 2.21. The first-order valence-corrected chi connectivity index (χ1v) is 5.71. The lowest BCUT2D eigenvalue weighted by molar-refractivity contribution is -0.131. The zero-order chi connectivity index (χ0) is 13.7. The molecule has 4 heteroatoms. The highest BCUT2D eigenvalue weighted by Crippen LogP contribution is 2.20. The van der Waals surface area contributed by atoms with Gasteiger partial charge in [-0.15, -0.1) is 0 Å². The van der Waals surface area contributed by atoms with Gasteiger partial charge in [-0.3, -0.25) is 4.79 Å². The lowest BCUT2D eigenvalue weighted by Crippen LogP contribution is -2.12. The summed E-state index contributed by atoms with van der Waals surface area (Å²) in [7, 11) is 0. The summed E-state index contributed by atoms with van der Waals surface area (Å²) in [4.78, 5) is 23.0. The predicted octanol–water partition coefficient (Wildman–Crippen LogP) is 2.83. The summed E-state index contributed by atoms with van der Waals surface area (Å²) in [6, 6.07) is 15.1. The molecule has 2 rings (SSSR count). The SMILES string of the molecule is CC(=O)Oc1ccccc1C(=O)Oc1ccccc1. The first-order chi connectivity index (χ1) is 9.16. The minimum atomic E-state index is -0.567. The van der Waals surface area contributed by atoms with Crippen LogP contribution in [0, 0.1) is 0 Å². The largest absolute Gasteiger partial charge is 0.426 e. The van der Waals surface area contributed by atoms with Gasteiger partial charge in [-0.2, -0.15) is 0 Å². The summed E-state index contributed by atoms with van der Waals surface area (Å²) in [6.45, 7) is 1.28. The second-order valence-corrected chi connectivity index (χ2v) is 3.79. The van der Waals surface area contributed by atoms with Crippen molar-refractivity contribution < 1.29 is 19.1 Å². The smallest absolute Gasteiger partial charge is 0.347 e. The maximum absolute atomic E-state index is 12.0. The number of esters is 2. The number of carbonyl (C=O) groups is 2. The first kappa shape index (κ1) is 12.8. The molecule has 0 saturated heterocycles. The zero-order valence-electron chi connectivity index (χ0n) is 10.3. The van der Waals surface area contributed by atoms with Gasteiger partial charge in [0, 0.05) is 6.92 Å². The van der Waals surface area contributed by atoms with Crippen molar-refractivity contribution in [1.82, 2.24) is 0 Å². The van der Waals surface area contributed by atoms with Crippen LogP contribution in [0.3, 0.4) is 0 Å². The standard InChI is InChI=1S/C15H12O4/c1-11(16)18-14-10-6-5-9-13(14)15(17)19-12-7-3-2-4-8-12/h2-10H,1H3. The van der Waals surface area contributed by atoms with Gasteiger partial charge < -0.3 is 9.47 Å². The molecule has 0 aliphatic carbocycles. The topological polar surface area (TPSA) is 52.6 Å². The van der Waals surface area contributed by atoms with Gasteiger partial charge in [0.15, 0.2) is 0 Å². The Labute approximate surface area is 110 Å². The quantitative estimate of drug-likeness (QED) is 0.626. The molecular weight excluding hydrogens is 244 g/mol. The molecular formula is C15H12O4. The van der Waals surface area contributed by atoms with Crippen molar-refractivity contribution in [1.29, 1.82) is 0 Å². The summed E-state index contributed by atoms with van der Waals surface area (Å²) in [5, 5.41) is 0. The number of rotatable bonds is 3. The van der Waals surface area contributed by atoms with Crippen molar-refractivity contribution in [3.8, 4) is 11.5 Å². The van der Waals surface area contributed by atoms with E-state index in [1.807, 2.05) is 6.07 Å². The predicted molar refractivity (Wildman–Crippen MR) is 69.2 cm³/mol. The van der Waals surface area contributed by atoms with E-state index in [2.05, 4.69) is 0 Å². The minimum Gasteiger partial charge on any atom is -0.426 e. The highest BCUT2D eigenvalue weighted by atomic mass is 16.5. The van der Waals surface area contributed by atoms with E-state index in [1.165, 1.54) is 6.92 Å². The molecule has 0 N–H and O–H groups in total. The normalized spacial score (nSPS) is 9.74. The van der Waals surface area contributed by atoms with Crippen molar-refractivity contribution >= 4 is 11.9 Å². The number of carbonyl (C=O) groups excluding carboxylic acids is 2. The number of benzene rings is 2. The fourth-order valence-corrected chi connectivity index (χ4v) is 1.53. The van der Waals surface area contributed by atoms with E-state index < -0.39 is 11.9 Å². The number of hydrogen-bond acceptors (Lipinski definition) is 4. The Morgan fingerprint density at radius 3 is 2.16 bits per heavy atom. The summed E-state index contributed by atoms with van der Waals surface area (Å²) in [5.74, 6) is -0.427. The number of hydrogen-bond donors (Lipinski definition) is 0. The maximum atomic E-state index is 12.0. The Kier molecular flexibility index (Phi) is 3.93. The Bertz CT molecular complexity index is 590. The lowest BCUT2D eigenvalue weighted by Gasteiger charge is -2.08. The molecule has 0 atom stereocenters. The summed E-state index contributed by atoms with van der Waals surface area (Å²) in [5.41, 5.74) is 0.210. The van der Waals surface area contributed by atoms with Crippen molar-refractivity contribution in [3.05, 3.63) is 60.2 Å². The molecule has 0 radical (unpaired) electrons. The van der Waals surface area contributed by atoms with Gasteiger partial charge in [0.25, 0.3) is 0 Å². The molecule has 0 fully saturated rings. The molecule has 4 nitrogen and oxygen atoms in total. The number of para-hydroxylation sites is 2. The van der Waals surface area contributed by atoms with Crippen LogP contribution in [0.5, 0.6) is 11.5 Å². The fourth-order valence-electron chi connectivity index (χ4n) is 1.53. The van der Waals surface area contributed by atoms with E-state index in [-0.39, 0.29) is 11.3 Å². The molecule has 0 spiro atoms. The molecule has 0 aliphatic rings. The Morgan fingerprint density at radius 2 is 1.47 bits per heavy atom. The Hall–Kier alpha value is -2.62. The third-order valence-electron chi connectivity index (χ3n) is 2.31. The molecule has 96 valence electrons. The zero-order valence-corrected chi connectivity index (χ0v) is 10.3. The van der Waals surface area contributed by atoms with Crippen molar-refractivity contribution in [2.45, 2.75) is 6.92 Å². The van der Waals surface area contributed by atoms with Gasteiger partial charge in [0.05, 0.1) is 0 Å². The highest BCUT2D eigenvalue weighted by Gasteiger charge is 2.15. The second-order valence-electron chi connectivity index (χ2n) is 3.79. The van der Waals surface area contributed by atoms with Crippen LogP contribution in [0.15, 0.2) is 54.6 Å².